The molecule has 1 saturated heterocycles. The van der Waals surface area contributed by atoms with Gasteiger partial charge in [0.05, 0.1) is 25.5 Å². The molecule has 2 heterocycles. The minimum Gasteiger partial charge on any atom is -0.493 e. The highest BCUT2D eigenvalue weighted by atomic mass is 19.1. The molecule has 2 aromatic rings. The first-order valence-corrected chi connectivity index (χ1v) is 7.33. The quantitative estimate of drug-likeness (QED) is 0.909. The van der Waals surface area contributed by atoms with Crippen LogP contribution in [0.25, 0.3) is 0 Å². The molecule has 1 amide bonds. The first-order chi connectivity index (χ1) is 11.4. The van der Waals surface area contributed by atoms with Crippen LogP contribution in [0, 0.1) is 11.6 Å². The van der Waals surface area contributed by atoms with E-state index in [-0.39, 0.29) is 19.1 Å². The summed E-state index contributed by atoms with van der Waals surface area (Å²) in [6.07, 6.45) is 0.864. The molecular formula is C15H16F2N4O3. The van der Waals surface area contributed by atoms with Crippen molar-refractivity contribution in [1.29, 1.82) is 0 Å². The third-order valence-electron chi connectivity index (χ3n) is 3.96. The number of amides is 1. The molecule has 0 aliphatic carbocycles. The van der Waals surface area contributed by atoms with E-state index in [1.807, 2.05) is 0 Å². The van der Waals surface area contributed by atoms with Gasteiger partial charge in [0.15, 0.2) is 11.6 Å². The molecule has 1 aliphatic heterocycles. The highest BCUT2D eigenvalue weighted by Gasteiger charge is 2.36. The van der Waals surface area contributed by atoms with Gasteiger partial charge < -0.3 is 14.7 Å². The molecule has 0 spiro atoms. The van der Waals surface area contributed by atoms with Crippen LogP contribution in [0.1, 0.15) is 35.1 Å². The third-order valence-corrected chi connectivity index (χ3v) is 3.96. The Kier molecular flexibility index (Phi) is 4.18. The topological polar surface area (TPSA) is 80.5 Å². The van der Waals surface area contributed by atoms with Crippen molar-refractivity contribution in [3.8, 4) is 5.75 Å². The van der Waals surface area contributed by atoms with Crippen LogP contribution in [0.15, 0.2) is 18.3 Å². The van der Waals surface area contributed by atoms with E-state index in [1.165, 1.54) is 12.0 Å². The van der Waals surface area contributed by atoms with Crippen molar-refractivity contribution in [2.45, 2.75) is 19.1 Å². The van der Waals surface area contributed by atoms with Gasteiger partial charge in [-0.1, -0.05) is 5.21 Å². The summed E-state index contributed by atoms with van der Waals surface area (Å²) in [5.74, 6) is -2.67. The summed E-state index contributed by atoms with van der Waals surface area (Å²) in [7, 11) is 1.18. The van der Waals surface area contributed by atoms with Crippen LogP contribution in [-0.4, -0.2) is 51.1 Å². The summed E-state index contributed by atoms with van der Waals surface area (Å²) in [6.45, 7) is 2.13. The fourth-order valence-corrected chi connectivity index (χ4v) is 2.54. The Balaban J connectivity index is 1.74. The molecule has 1 fully saturated rings. The van der Waals surface area contributed by atoms with Gasteiger partial charge in [-0.2, -0.15) is 0 Å². The van der Waals surface area contributed by atoms with Crippen molar-refractivity contribution >= 4 is 5.91 Å². The van der Waals surface area contributed by atoms with Gasteiger partial charge in [0.25, 0.3) is 5.91 Å². The first-order valence-electron chi connectivity index (χ1n) is 7.33. The normalized spacial score (nSPS) is 16.0. The highest BCUT2D eigenvalue weighted by Crippen LogP contribution is 2.30. The molecule has 1 atom stereocenters. The maximum absolute atomic E-state index is 14.0. The van der Waals surface area contributed by atoms with Crippen molar-refractivity contribution in [3.63, 3.8) is 0 Å². The molecule has 0 saturated carbocycles. The Morgan fingerprint density at radius 2 is 2.04 bits per heavy atom. The van der Waals surface area contributed by atoms with Crippen LogP contribution in [0.3, 0.4) is 0 Å². The number of aromatic nitrogens is 3. The number of carbonyl (C=O) groups excluding carboxylic acids is 1. The van der Waals surface area contributed by atoms with E-state index >= 15 is 0 Å². The van der Waals surface area contributed by atoms with Gasteiger partial charge in [-0.05, 0) is 19.1 Å². The van der Waals surface area contributed by atoms with E-state index in [9.17, 15) is 18.7 Å². The van der Waals surface area contributed by atoms with Gasteiger partial charge in [0, 0.05) is 13.1 Å². The number of hydrogen-bond donors (Lipinski definition) is 1. The smallest absolute Gasteiger partial charge is 0.260 e. The summed E-state index contributed by atoms with van der Waals surface area (Å²) >= 11 is 0. The Hall–Kier alpha value is -2.55. The molecule has 1 aromatic heterocycles. The van der Waals surface area contributed by atoms with Crippen LogP contribution in [0.5, 0.6) is 5.75 Å². The second-order valence-electron chi connectivity index (χ2n) is 5.60. The first kappa shape index (κ1) is 16.3. The van der Waals surface area contributed by atoms with Crippen LogP contribution in [0.4, 0.5) is 8.78 Å². The average molecular weight is 338 g/mol. The van der Waals surface area contributed by atoms with Crippen molar-refractivity contribution in [2.75, 3.05) is 20.2 Å². The molecule has 1 unspecified atom stereocenters. The highest BCUT2D eigenvalue weighted by molar-refractivity contribution is 5.97. The van der Waals surface area contributed by atoms with Gasteiger partial charge in [-0.15, -0.1) is 5.10 Å². The van der Waals surface area contributed by atoms with Crippen LogP contribution >= 0.6 is 0 Å². The number of aliphatic hydroxyl groups is 1. The van der Waals surface area contributed by atoms with E-state index in [0.29, 0.717) is 5.69 Å². The number of benzene rings is 1. The fourth-order valence-electron chi connectivity index (χ4n) is 2.54. The Labute approximate surface area is 136 Å². The molecule has 24 heavy (non-hydrogen) atoms. The summed E-state index contributed by atoms with van der Waals surface area (Å²) in [5, 5.41) is 17.2. The van der Waals surface area contributed by atoms with Crippen molar-refractivity contribution in [2.24, 2.45) is 0 Å². The standard InChI is InChI=1S/C15H16F2N4O3/c1-8(22)12-7-21(19-18-12)9-5-20(6-9)15(23)13-10(16)3-4-11(17)14(13)24-2/h3-4,7-9,22H,5-6H2,1-2H3. The van der Waals surface area contributed by atoms with Crippen molar-refractivity contribution in [3.05, 3.63) is 41.2 Å². The Bertz CT molecular complexity index is 772. The molecule has 128 valence electrons. The molecular weight excluding hydrogens is 322 g/mol. The zero-order valence-corrected chi connectivity index (χ0v) is 13.1. The van der Waals surface area contributed by atoms with Gasteiger partial charge in [0.2, 0.25) is 0 Å². The minimum absolute atomic E-state index is 0.128. The largest absolute Gasteiger partial charge is 0.493 e. The predicted octanol–water partition coefficient (Wildman–Crippen LogP) is 1.32. The number of hydrogen-bond acceptors (Lipinski definition) is 5. The Morgan fingerprint density at radius 3 is 2.62 bits per heavy atom. The lowest BCUT2D eigenvalue weighted by molar-refractivity contribution is 0.0489. The molecule has 0 radical (unpaired) electrons. The summed E-state index contributed by atoms with van der Waals surface area (Å²) in [4.78, 5) is 13.8. The lowest BCUT2D eigenvalue weighted by Gasteiger charge is -2.39. The Morgan fingerprint density at radius 1 is 1.38 bits per heavy atom. The number of carbonyl (C=O) groups is 1. The second-order valence-corrected chi connectivity index (χ2v) is 5.60. The molecule has 1 aromatic carbocycles. The van der Waals surface area contributed by atoms with Crippen LogP contribution in [0.2, 0.25) is 0 Å². The number of ether oxygens (including phenoxy) is 1. The van der Waals surface area contributed by atoms with Crippen LogP contribution in [-0.2, 0) is 0 Å². The van der Waals surface area contributed by atoms with Gasteiger partial charge in [-0.25, -0.2) is 13.5 Å². The molecule has 9 heteroatoms. The minimum atomic E-state index is -0.834. The fraction of sp³-hybridized carbons (Fsp3) is 0.400. The maximum Gasteiger partial charge on any atom is 0.260 e. The van der Waals surface area contributed by atoms with Crippen molar-refractivity contribution in [1.82, 2.24) is 19.9 Å². The van der Waals surface area contributed by atoms with E-state index in [2.05, 4.69) is 10.3 Å². The average Bonchev–Trinajstić information content (AvgIpc) is 2.97. The number of likely N-dealkylation sites (tertiary alicyclic amines) is 1. The summed E-state index contributed by atoms with van der Waals surface area (Å²) < 4.78 is 34.0. The van der Waals surface area contributed by atoms with E-state index < -0.39 is 35.0 Å². The molecule has 7 nitrogen and oxygen atoms in total. The van der Waals surface area contributed by atoms with Gasteiger partial charge >= 0.3 is 0 Å². The van der Waals surface area contributed by atoms with Gasteiger partial charge in [-0.3, -0.25) is 4.79 Å². The number of nitrogens with zero attached hydrogens (tertiary/aromatic N) is 4. The molecule has 1 aliphatic rings. The van der Waals surface area contributed by atoms with Crippen LogP contribution < -0.4 is 4.74 Å². The predicted molar refractivity (Wildman–Crippen MR) is 78.5 cm³/mol. The zero-order chi connectivity index (χ0) is 17.4. The second kappa shape index (κ2) is 6.16. The zero-order valence-electron chi connectivity index (χ0n) is 13.1. The maximum atomic E-state index is 14.0. The number of aliphatic hydroxyl groups excluding tert-OH is 1. The third kappa shape index (κ3) is 2.71. The lowest BCUT2D eigenvalue weighted by Crippen LogP contribution is -2.51. The summed E-state index contributed by atoms with van der Waals surface area (Å²) in [5.41, 5.74) is 0.0110. The molecule has 3 rings (SSSR count). The van der Waals surface area contributed by atoms with Crippen molar-refractivity contribution < 1.29 is 23.4 Å². The monoisotopic (exact) mass is 338 g/mol. The SMILES string of the molecule is COc1c(F)ccc(F)c1C(=O)N1CC(n2cc(C(C)O)nn2)C1. The number of halogens is 2. The van der Waals surface area contributed by atoms with E-state index in [1.54, 1.807) is 17.8 Å². The number of methoxy groups -OCH3 is 1. The molecule has 0 bridgehead atoms. The van der Waals surface area contributed by atoms with E-state index in [0.717, 1.165) is 12.1 Å². The lowest BCUT2D eigenvalue weighted by atomic mass is 10.1. The van der Waals surface area contributed by atoms with Gasteiger partial charge in [0.1, 0.15) is 17.1 Å². The van der Waals surface area contributed by atoms with E-state index in [4.69, 9.17) is 4.74 Å². The molecule has 1 N–H and O–H groups in total. The number of rotatable bonds is 4. The summed E-state index contributed by atoms with van der Waals surface area (Å²) in [6, 6.07) is 1.68.